The molecule has 0 spiro atoms. The van der Waals surface area contributed by atoms with E-state index in [-0.39, 0.29) is 35.5 Å². The molecule has 0 unspecified atom stereocenters. The first-order chi connectivity index (χ1) is 13.3. The predicted octanol–water partition coefficient (Wildman–Crippen LogP) is 2.62. The van der Waals surface area contributed by atoms with Gasteiger partial charge in [-0.2, -0.15) is 0 Å². The summed E-state index contributed by atoms with van der Waals surface area (Å²) in [4.78, 5) is 50.1. The maximum Gasteiger partial charge on any atom is 0.326 e. The normalized spacial score (nSPS) is 27.9. The lowest BCUT2D eigenvalue weighted by Gasteiger charge is -2.19. The third-order valence-electron chi connectivity index (χ3n) is 5.87. The summed E-state index contributed by atoms with van der Waals surface area (Å²) in [5.41, 5.74) is 0.461. The summed E-state index contributed by atoms with van der Waals surface area (Å²) in [6.07, 6.45) is 2.89. The molecule has 2 saturated carbocycles. The molecule has 7 nitrogen and oxygen atoms in total. The fourth-order valence-corrected chi connectivity index (χ4v) is 5.15. The summed E-state index contributed by atoms with van der Waals surface area (Å²) in [6, 6.07) is 4.88. The number of esters is 1. The molecule has 2 aliphatic carbocycles. The van der Waals surface area contributed by atoms with Gasteiger partial charge in [0.15, 0.2) is 6.61 Å². The van der Waals surface area contributed by atoms with Gasteiger partial charge in [0.1, 0.15) is 6.54 Å². The van der Waals surface area contributed by atoms with Crippen LogP contribution in [0.3, 0.4) is 0 Å². The number of likely N-dealkylation sites (tertiary alicyclic amines) is 1. The van der Waals surface area contributed by atoms with Crippen LogP contribution >= 0.6 is 27.5 Å². The van der Waals surface area contributed by atoms with Crippen LogP contribution in [0, 0.1) is 23.7 Å². The highest BCUT2D eigenvalue weighted by atomic mass is 79.9. The molecule has 0 aromatic heterocycles. The lowest BCUT2D eigenvalue weighted by molar-refractivity contribution is -0.154. The summed E-state index contributed by atoms with van der Waals surface area (Å²) in [5, 5.41) is 2.99. The topological polar surface area (TPSA) is 92.8 Å². The van der Waals surface area contributed by atoms with Crippen LogP contribution in [0.2, 0.25) is 5.02 Å². The van der Waals surface area contributed by atoms with Crippen molar-refractivity contribution in [2.24, 2.45) is 23.7 Å². The zero-order valence-corrected chi connectivity index (χ0v) is 17.2. The van der Waals surface area contributed by atoms with Gasteiger partial charge in [-0.1, -0.05) is 11.6 Å². The number of nitrogens with zero attached hydrogens (tertiary/aromatic N) is 1. The van der Waals surface area contributed by atoms with Crippen molar-refractivity contribution in [3.8, 4) is 0 Å². The van der Waals surface area contributed by atoms with E-state index in [0.29, 0.717) is 15.2 Å². The van der Waals surface area contributed by atoms with Gasteiger partial charge in [-0.05, 0) is 65.2 Å². The second kappa shape index (κ2) is 7.48. The van der Waals surface area contributed by atoms with E-state index in [1.807, 2.05) is 0 Å². The van der Waals surface area contributed by atoms with Crippen molar-refractivity contribution in [1.82, 2.24) is 4.90 Å². The number of carbonyl (C=O) groups is 4. The number of ether oxygens (including phenoxy) is 1. The van der Waals surface area contributed by atoms with E-state index in [9.17, 15) is 19.2 Å². The maximum atomic E-state index is 12.6. The first-order valence-electron chi connectivity index (χ1n) is 9.11. The standard InChI is InChI=1S/C19H18BrClN2O5/c20-12-4-3-11(6-13(12)21)22-14(24)8-28-15(25)7-23-18(26)16-9-1-2-10(5-9)17(16)19(23)27/h3-4,6,9-10,16-17H,1-2,5,7-8H2,(H,22,24)/t9-,10-,16+,17+/m0/s1. The van der Waals surface area contributed by atoms with Crippen molar-refractivity contribution in [1.29, 1.82) is 0 Å². The summed E-state index contributed by atoms with van der Waals surface area (Å²) in [7, 11) is 0. The van der Waals surface area contributed by atoms with E-state index in [1.165, 1.54) is 0 Å². The molecule has 1 aliphatic heterocycles. The molecule has 1 saturated heterocycles. The van der Waals surface area contributed by atoms with E-state index in [2.05, 4.69) is 21.2 Å². The highest BCUT2D eigenvalue weighted by Gasteiger charge is 2.61. The summed E-state index contributed by atoms with van der Waals surface area (Å²) < 4.78 is 5.63. The van der Waals surface area contributed by atoms with Gasteiger partial charge in [0.05, 0.1) is 16.9 Å². The SMILES string of the molecule is O=C(COC(=O)CN1C(=O)[C@@H]2[C@H]3CC[C@@H](C3)[C@H]2C1=O)Nc1ccc(Br)c(Cl)c1. The number of benzene rings is 1. The zero-order chi connectivity index (χ0) is 20.0. The number of hydrogen-bond acceptors (Lipinski definition) is 5. The molecule has 4 rings (SSSR count). The number of fused-ring (bicyclic) bond motifs is 5. The molecule has 3 aliphatic rings. The van der Waals surface area contributed by atoms with Gasteiger partial charge in [-0.25, -0.2) is 0 Å². The second-order valence-electron chi connectivity index (χ2n) is 7.49. The molecule has 28 heavy (non-hydrogen) atoms. The predicted molar refractivity (Wildman–Crippen MR) is 103 cm³/mol. The van der Waals surface area contributed by atoms with Crippen molar-refractivity contribution in [3.63, 3.8) is 0 Å². The first-order valence-corrected chi connectivity index (χ1v) is 10.3. The molecule has 1 aromatic rings. The Balaban J connectivity index is 1.29. The fraction of sp³-hybridized carbons (Fsp3) is 0.474. The van der Waals surface area contributed by atoms with Crippen LogP contribution in [0.5, 0.6) is 0 Å². The molecule has 1 heterocycles. The number of amides is 3. The highest BCUT2D eigenvalue weighted by Crippen LogP contribution is 2.56. The third kappa shape index (κ3) is 3.43. The lowest BCUT2D eigenvalue weighted by atomic mass is 9.81. The quantitative estimate of drug-likeness (QED) is 0.529. The monoisotopic (exact) mass is 468 g/mol. The van der Waals surface area contributed by atoms with E-state index < -0.39 is 25.0 Å². The van der Waals surface area contributed by atoms with Gasteiger partial charge in [0.25, 0.3) is 5.91 Å². The number of carbonyl (C=O) groups excluding carboxylic acids is 4. The Kier molecular flexibility index (Phi) is 5.18. The number of nitrogens with one attached hydrogen (secondary N) is 1. The molecule has 0 radical (unpaired) electrons. The molecule has 3 amide bonds. The molecule has 2 bridgehead atoms. The Morgan fingerprint density at radius 2 is 1.82 bits per heavy atom. The average molecular weight is 470 g/mol. The Hall–Kier alpha value is -1.93. The molecule has 148 valence electrons. The maximum absolute atomic E-state index is 12.6. The van der Waals surface area contributed by atoms with Crippen molar-refractivity contribution < 1.29 is 23.9 Å². The van der Waals surface area contributed by atoms with Crippen LogP contribution in [0.4, 0.5) is 5.69 Å². The Labute approximate surface area is 174 Å². The van der Waals surface area contributed by atoms with E-state index in [1.54, 1.807) is 18.2 Å². The van der Waals surface area contributed by atoms with Crippen LogP contribution in [0.15, 0.2) is 22.7 Å². The Morgan fingerprint density at radius 3 is 2.43 bits per heavy atom. The van der Waals surface area contributed by atoms with Gasteiger partial charge < -0.3 is 10.1 Å². The van der Waals surface area contributed by atoms with Gasteiger partial charge in [0.2, 0.25) is 11.8 Å². The average Bonchev–Trinajstić information content (AvgIpc) is 3.33. The zero-order valence-electron chi connectivity index (χ0n) is 14.8. The molecular weight excluding hydrogens is 452 g/mol. The van der Waals surface area contributed by atoms with Crippen LogP contribution in [0.25, 0.3) is 0 Å². The van der Waals surface area contributed by atoms with Crippen LogP contribution in [0.1, 0.15) is 19.3 Å². The van der Waals surface area contributed by atoms with Gasteiger partial charge in [-0.3, -0.25) is 24.1 Å². The first kappa shape index (κ1) is 19.4. The van der Waals surface area contributed by atoms with Gasteiger partial charge >= 0.3 is 5.97 Å². The molecule has 1 aromatic carbocycles. The smallest absolute Gasteiger partial charge is 0.326 e. The summed E-state index contributed by atoms with van der Waals surface area (Å²) in [6.45, 7) is -0.956. The number of imide groups is 1. The van der Waals surface area contributed by atoms with E-state index in [4.69, 9.17) is 16.3 Å². The molecular formula is C19H18BrClN2O5. The van der Waals surface area contributed by atoms with Crippen molar-refractivity contribution >= 4 is 56.9 Å². The fourth-order valence-electron chi connectivity index (χ4n) is 4.72. The highest BCUT2D eigenvalue weighted by molar-refractivity contribution is 9.10. The minimum atomic E-state index is -0.780. The number of rotatable bonds is 5. The van der Waals surface area contributed by atoms with Crippen LogP contribution in [-0.2, 0) is 23.9 Å². The summed E-state index contributed by atoms with van der Waals surface area (Å²) >= 11 is 9.21. The molecule has 3 fully saturated rings. The van der Waals surface area contributed by atoms with Crippen molar-refractivity contribution in [3.05, 3.63) is 27.7 Å². The summed E-state index contributed by atoms with van der Waals surface area (Å²) in [5.74, 6) is -1.89. The number of hydrogen-bond donors (Lipinski definition) is 1. The Bertz CT molecular complexity index is 848. The minimum absolute atomic E-state index is 0.260. The largest absolute Gasteiger partial charge is 0.454 e. The number of halogens is 2. The van der Waals surface area contributed by atoms with Crippen LogP contribution in [-0.4, -0.2) is 41.7 Å². The lowest BCUT2D eigenvalue weighted by Crippen LogP contribution is -2.38. The van der Waals surface area contributed by atoms with Crippen LogP contribution < -0.4 is 5.32 Å². The third-order valence-corrected chi connectivity index (χ3v) is 7.11. The van der Waals surface area contributed by atoms with Gasteiger partial charge in [-0.15, -0.1) is 0 Å². The minimum Gasteiger partial charge on any atom is -0.454 e. The van der Waals surface area contributed by atoms with Gasteiger partial charge in [0, 0.05) is 10.2 Å². The van der Waals surface area contributed by atoms with Crippen molar-refractivity contribution in [2.75, 3.05) is 18.5 Å². The van der Waals surface area contributed by atoms with Crippen molar-refractivity contribution in [2.45, 2.75) is 19.3 Å². The molecule has 1 N–H and O–H groups in total. The number of anilines is 1. The van der Waals surface area contributed by atoms with E-state index in [0.717, 1.165) is 24.2 Å². The van der Waals surface area contributed by atoms with E-state index >= 15 is 0 Å². The Morgan fingerprint density at radius 1 is 1.18 bits per heavy atom. The molecule has 4 atom stereocenters. The molecule has 9 heteroatoms. The second-order valence-corrected chi connectivity index (χ2v) is 8.75.